The molecule has 3 aromatic rings. The lowest BCUT2D eigenvalue weighted by atomic mass is 9.87. The maximum absolute atomic E-state index is 11.2. The molecule has 0 aliphatic heterocycles. The van der Waals surface area contributed by atoms with Crippen LogP contribution >= 0.6 is 0 Å². The van der Waals surface area contributed by atoms with Gasteiger partial charge >= 0.3 is 0 Å². The topological polar surface area (TPSA) is 77.2 Å². The van der Waals surface area contributed by atoms with Crippen molar-refractivity contribution in [2.45, 2.75) is 38.1 Å². The minimum absolute atomic E-state index is 0.369. The Morgan fingerprint density at radius 1 is 1.13 bits per heavy atom. The Morgan fingerprint density at radius 3 is 2.77 bits per heavy atom. The first-order valence-electron chi connectivity index (χ1n) is 10.5. The van der Waals surface area contributed by atoms with Gasteiger partial charge in [0.2, 0.25) is 11.8 Å². The summed E-state index contributed by atoms with van der Waals surface area (Å²) >= 11 is 0. The number of primary amides is 1. The molecule has 1 unspecified atom stereocenters. The molecule has 1 amide bonds. The van der Waals surface area contributed by atoms with Crippen LogP contribution in [0.15, 0.2) is 66.9 Å². The molecule has 0 spiro atoms. The number of aromatic nitrogens is 1. The average Bonchev–Trinajstić information content (AvgIpc) is 2.78. The van der Waals surface area contributed by atoms with E-state index in [9.17, 15) is 4.79 Å². The van der Waals surface area contributed by atoms with Crippen molar-refractivity contribution in [1.29, 1.82) is 0 Å². The molecule has 1 aliphatic carbocycles. The predicted molar refractivity (Wildman–Crippen MR) is 118 cm³/mol. The molecule has 1 aromatic heterocycles. The molecular weight excluding hydrogens is 374 g/mol. The zero-order valence-corrected chi connectivity index (χ0v) is 17.0. The molecule has 1 atom stereocenters. The van der Waals surface area contributed by atoms with E-state index in [0.717, 1.165) is 38.0 Å². The van der Waals surface area contributed by atoms with E-state index in [1.807, 2.05) is 6.07 Å². The van der Waals surface area contributed by atoms with Gasteiger partial charge in [0.05, 0.1) is 5.56 Å². The minimum atomic E-state index is -0.495. The fourth-order valence-electron chi connectivity index (χ4n) is 3.99. The number of fused-ring (bicyclic) bond motifs is 1. The summed E-state index contributed by atoms with van der Waals surface area (Å²) in [6.45, 7) is 1.01. The summed E-state index contributed by atoms with van der Waals surface area (Å²) in [5, 5.41) is 3.74. The van der Waals surface area contributed by atoms with Gasteiger partial charge in [-0.3, -0.25) is 4.79 Å². The number of ether oxygens (including phenoxy) is 1. The number of nitrogens with zero attached hydrogens (tertiary/aromatic N) is 1. The van der Waals surface area contributed by atoms with E-state index in [0.29, 0.717) is 17.5 Å². The molecule has 0 saturated heterocycles. The van der Waals surface area contributed by atoms with Gasteiger partial charge in [-0.2, -0.15) is 0 Å². The molecule has 5 nitrogen and oxygen atoms in total. The highest BCUT2D eigenvalue weighted by molar-refractivity contribution is 5.92. The number of benzene rings is 2. The predicted octanol–water partition coefficient (Wildman–Crippen LogP) is 4.57. The second-order valence-electron chi connectivity index (χ2n) is 7.70. The van der Waals surface area contributed by atoms with Crippen LogP contribution in [0.25, 0.3) is 0 Å². The second-order valence-corrected chi connectivity index (χ2v) is 7.70. The molecule has 3 N–H and O–H groups in total. The Hall–Kier alpha value is -3.18. The molecular formula is C25H27N3O2. The molecule has 5 heteroatoms. The summed E-state index contributed by atoms with van der Waals surface area (Å²) in [5.74, 6) is 0.717. The van der Waals surface area contributed by atoms with E-state index < -0.39 is 5.91 Å². The van der Waals surface area contributed by atoms with Gasteiger partial charge in [0, 0.05) is 18.3 Å². The summed E-state index contributed by atoms with van der Waals surface area (Å²) < 4.78 is 5.88. The van der Waals surface area contributed by atoms with Crippen LogP contribution in [0.5, 0.6) is 11.6 Å². The SMILES string of the molecule is NC(=O)c1ccc(Oc2ccc3c(c2)CCCC3NCCCc2ccccc2)nc1. The van der Waals surface area contributed by atoms with Crippen LogP contribution in [0.3, 0.4) is 0 Å². The van der Waals surface area contributed by atoms with Crippen LogP contribution in [0.4, 0.5) is 0 Å². The number of hydrogen-bond acceptors (Lipinski definition) is 4. The number of amides is 1. The van der Waals surface area contributed by atoms with Crippen molar-refractivity contribution in [3.05, 3.63) is 89.1 Å². The second kappa shape index (κ2) is 9.55. The Labute approximate surface area is 177 Å². The highest BCUT2D eigenvalue weighted by atomic mass is 16.5. The van der Waals surface area contributed by atoms with Crippen molar-refractivity contribution < 1.29 is 9.53 Å². The first-order chi connectivity index (χ1) is 14.7. The molecule has 1 aliphatic rings. The quantitative estimate of drug-likeness (QED) is 0.542. The normalized spacial score (nSPS) is 15.4. The lowest BCUT2D eigenvalue weighted by Crippen LogP contribution is -2.26. The first-order valence-corrected chi connectivity index (χ1v) is 10.5. The van der Waals surface area contributed by atoms with E-state index in [1.165, 1.54) is 29.3 Å². The lowest BCUT2D eigenvalue weighted by molar-refractivity contribution is 0.1000. The first kappa shape index (κ1) is 20.1. The Balaban J connectivity index is 1.35. The fourth-order valence-corrected chi connectivity index (χ4v) is 3.99. The molecule has 1 heterocycles. The Kier molecular flexibility index (Phi) is 6.40. The minimum Gasteiger partial charge on any atom is -0.439 e. The molecule has 154 valence electrons. The fraction of sp³-hybridized carbons (Fsp3) is 0.280. The number of rotatable bonds is 8. The van der Waals surface area contributed by atoms with Crippen molar-refractivity contribution in [2.75, 3.05) is 6.54 Å². The zero-order chi connectivity index (χ0) is 20.8. The monoisotopic (exact) mass is 401 g/mol. The summed E-state index contributed by atoms with van der Waals surface area (Å²) in [7, 11) is 0. The Bertz CT molecular complexity index is 987. The van der Waals surface area contributed by atoms with Crippen molar-refractivity contribution in [1.82, 2.24) is 10.3 Å². The van der Waals surface area contributed by atoms with E-state index >= 15 is 0 Å². The molecule has 0 radical (unpaired) electrons. The van der Waals surface area contributed by atoms with Crippen LogP contribution in [0.2, 0.25) is 0 Å². The summed E-state index contributed by atoms with van der Waals surface area (Å²) in [5.41, 5.74) is 9.71. The molecule has 0 fully saturated rings. The number of carbonyl (C=O) groups excluding carboxylic acids is 1. The van der Waals surface area contributed by atoms with Gasteiger partial charge in [0.15, 0.2) is 0 Å². The number of carbonyl (C=O) groups is 1. The third-order valence-electron chi connectivity index (χ3n) is 5.55. The van der Waals surface area contributed by atoms with Gasteiger partial charge in [0.1, 0.15) is 5.75 Å². The molecule has 0 saturated carbocycles. The van der Waals surface area contributed by atoms with Gasteiger partial charge in [0.25, 0.3) is 0 Å². The smallest absolute Gasteiger partial charge is 0.250 e. The van der Waals surface area contributed by atoms with Gasteiger partial charge in [-0.15, -0.1) is 0 Å². The van der Waals surface area contributed by atoms with Gasteiger partial charge in [-0.05, 0) is 73.5 Å². The van der Waals surface area contributed by atoms with Crippen LogP contribution in [-0.4, -0.2) is 17.4 Å². The number of aryl methyl sites for hydroxylation is 2. The van der Waals surface area contributed by atoms with E-state index in [-0.39, 0.29) is 0 Å². The highest BCUT2D eigenvalue weighted by Gasteiger charge is 2.20. The van der Waals surface area contributed by atoms with Crippen molar-refractivity contribution in [2.24, 2.45) is 5.73 Å². The third kappa shape index (κ3) is 5.05. The van der Waals surface area contributed by atoms with Crippen LogP contribution in [-0.2, 0) is 12.8 Å². The highest BCUT2D eigenvalue weighted by Crippen LogP contribution is 2.33. The number of nitrogens with two attached hydrogens (primary N) is 1. The summed E-state index contributed by atoms with van der Waals surface area (Å²) in [4.78, 5) is 15.3. The summed E-state index contributed by atoms with van der Waals surface area (Å²) in [6, 6.07) is 20.6. The standard InChI is InChI=1S/C25H27N3O2/c26-25(29)20-11-14-24(28-17-20)30-21-12-13-22-19(16-21)9-4-10-23(22)27-15-5-8-18-6-2-1-3-7-18/h1-3,6-7,11-14,16-17,23,27H,4-5,8-10,15H2,(H2,26,29). The van der Waals surface area contributed by atoms with Crippen LogP contribution < -0.4 is 15.8 Å². The zero-order valence-electron chi connectivity index (χ0n) is 17.0. The maximum atomic E-state index is 11.2. The molecule has 2 aromatic carbocycles. The van der Waals surface area contributed by atoms with E-state index in [2.05, 4.69) is 52.8 Å². The largest absolute Gasteiger partial charge is 0.439 e. The number of pyridine rings is 1. The van der Waals surface area contributed by atoms with Gasteiger partial charge < -0.3 is 15.8 Å². The van der Waals surface area contributed by atoms with Gasteiger partial charge in [-0.1, -0.05) is 36.4 Å². The number of hydrogen-bond donors (Lipinski definition) is 2. The molecule has 0 bridgehead atoms. The van der Waals surface area contributed by atoms with E-state index in [1.54, 1.807) is 12.1 Å². The van der Waals surface area contributed by atoms with Crippen LogP contribution in [0.1, 0.15) is 52.4 Å². The lowest BCUT2D eigenvalue weighted by Gasteiger charge is -2.27. The van der Waals surface area contributed by atoms with Crippen molar-refractivity contribution in [3.63, 3.8) is 0 Å². The maximum Gasteiger partial charge on any atom is 0.250 e. The molecule has 30 heavy (non-hydrogen) atoms. The van der Waals surface area contributed by atoms with Crippen molar-refractivity contribution in [3.8, 4) is 11.6 Å². The molecule has 4 rings (SSSR count). The average molecular weight is 402 g/mol. The summed E-state index contributed by atoms with van der Waals surface area (Å²) in [6.07, 6.45) is 7.05. The number of nitrogens with one attached hydrogen (secondary N) is 1. The third-order valence-corrected chi connectivity index (χ3v) is 5.55. The Morgan fingerprint density at radius 2 is 2.00 bits per heavy atom. The van der Waals surface area contributed by atoms with E-state index in [4.69, 9.17) is 10.5 Å². The van der Waals surface area contributed by atoms with Crippen molar-refractivity contribution >= 4 is 5.91 Å². The van der Waals surface area contributed by atoms with Crippen LogP contribution in [0, 0.1) is 0 Å². The van der Waals surface area contributed by atoms with Gasteiger partial charge in [-0.25, -0.2) is 4.98 Å².